The van der Waals surface area contributed by atoms with Crippen LogP contribution in [0.15, 0.2) is 51.4 Å². The molecular formula is C12H7Br2Cl. The first-order valence-electron chi connectivity index (χ1n) is 4.38. The lowest BCUT2D eigenvalue weighted by atomic mass is 10.1. The number of hydrogen-bond acceptors (Lipinski definition) is 0. The minimum atomic E-state index is 0.740. The van der Waals surface area contributed by atoms with Crippen LogP contribution in [0.5, 0.6) is 0 Å². The van der Waals surface area contributed by atoms with Gasteiger partial charge < -0.3 is 0 Å². The molecule has 0 fully saturated rings. The van der Waals surface area contributed by atoms with Gasteiger partial charge in [-0.25, -0.2) is 0 Å². The maximum atomic E-state index is 5.98. The van der Waals surface area contributed by atoms with Crippen LogP contribution in [0.3, 0.4) is 0 Å². The van der Waals surface area contributed by atoms with Crippen molar-refractivity contribution in [3.8, 4) is 11.1 Å². The summed E-state index contributed by atoms with van der Waals surface area (Å²) in [4.78, 5) is 0. The largest absolute Gasteiger partial charge is 0.0843 e. The Labute approximate surface area is 111 Å². The molecule has 2 rings (SSSR count). The summed E-state index contributed by atoms with van der Waals surface area (Å²) in [5, 5.41) is 0.740. The lowest BCUT2D eigenvalue weighted by molar-refractivity contribution is 1.56. The SMILES string of the molecule is Clc1ccc(Br)c(-c2ccccc2Br)c1. The van der Waals surface area contributed by atoms with Gasteiger partial charge in [-0.2, -0.15) is 0 Å². The molecule has 0 N–H and O–H groups in total. The van der Waals surface area contributed by atoms with Crippen molar-refractivity contribution in [2.24, 2.45) is 0 Å². The van der Waals surface area contributed by atoms with Gasteiger partial charge in [0.2, 0.25) is 0 Å². The van der Waals surface area contributed by atoms with E-state index in [1.54, 1.807) is 0 Å². The van der Waals surface area contributed by atoms with E-state index in [2.05, 4.69) is 37.9 Å². The standard InChI is InChI=1S/C12H7Br2Cl/c13-11-4-2-1-3-9(11)10-7-8(15)5-6-12(10)14/h1-7H. The fourth-order valence-corrected chi connectivity index (χ4v) is 2.51. The highest BCUT2D eigenvalue weighted by atomic mass is 79.9. The van der Waals surface area contributed by atoms with E-state index in [9.17, 15) is 0 Å². The predicted molar refractivity (Wildman–Crippen MR) is 72.3 cm³/mol. The van der Waals surface area contributed by atoms with Gasteiger partial charge >= 0.3 is 0 Å². The molecule has 2 aromatic rings. The molecule has 0 aliphatic carbocycles. The lowest BCUT2D eigenvalue weighted by Gasteiger charge is -2.07. The second-order valence-corrected chi connectivity index (χ2v) is 5.25. The molecule has 0 atom stereocenters. The van der Waals surface area contributed by atoms with Crippen LogP contribution in [-0.2, 0) is 0 Å². The van der Waals surface area contributed by atoms with Gasteiger partial charge in [-0.15, -0.1) is 0 Å². The molecular weight excluding hydrogens is 339 g/mol. The molecule has 0 amide bonds. The summed E-state index contributed by atoms with van der Waals surface area (Å²) < 4.78 is 2.10. The summed E-state index contributed by atoms with van der Waals surface area (Å²) in [6.07, 6.45) is 0. The Balaban J connectivity index is 2.64. The summed E-state index contributed by atoms with van der Waals surface area (Å²) in [5.41, 5.74) is 2.22. The molecule has 0 radical (unpaired) electrons. The van der Waals surface area contributed by atoms with Gasteiger partial charge in [0.1, 0.15) is 0 Å². The Hall–Kier alpha value is -0.310. The van der Waals surface area contributed by atoms with Crippen molar-refractivity contribution < 1.29 is 0 Å². The Kier molecular flexibility index (Phi) is 3.49. The maximum Gasteiger partial charge on any atom is 0.0412 e. The Morgan fingerprint density at radius 2 is 1.47 bits per heavy atom. The third-order valence-electron chi connectivity index (χ3n) is 2.09. The van der Waals surface area contributed by atoms with Gasteiger partial charge in [-0.05, 0) is 35.4 Å². The fraction of sp³-hybridized carbons (Fsp3) is 0. The molecule has 0 aliphatic heterocycles. The van der Waals surface area contributed by atoms with Gasteiger partial charge in [0.05, 0.1) is 0 Å². The first-order valence-corrected chi connectivity index (χ1v) is 6.35. The zero-order valence-electron chi connectivity index (χ0n) is 7.68. The quantitative estimate of drug-likeness (QED) is 0.637. The molecule has 0 spiro atoms. The van der Waals surface area contributed by atoms with E-state index in [-0.39, 0.29) is 0 Å². The highest BCUT2D eigenvalue weighted by molar-refractivity contribution is 9.11. The summed E-state index contributed by atoms with van der Waals surface area (Å²) in [5.74, 6) is 0. The Morgan fingerprint density at radius 3 is 2.20 bits per heavy atom. The van der Waals surface area contributed by atoms with Crippen molar-refractivity contribution in [3.05, 3.63) is 56.4 Å². The summed E-state index contributed by atoms with van der Waals surface area (Å²) >= 11 is 13.0. The molecule has 76 valence electrons. The van der Waals surface area contributed by atoms with E-state index >= 15 is 0 Å². The van der Waals surface area contributed by atoms with E-state index in [0.717, 1.165) is 25.1 Å². The molecule has 0 heterocycles. The molecule has 0 saturated carbocycles. The predicted octanol–water partition coefficient (Wildman–Crippen LogP) is 5.53. The average molecular weight is 346 g/mol. The molecule has 2 aromatic carbocycles. The van der Waals surface area contributed by atoms with Crippen molar-refractivity contribution in [3.63, 3.8) is 0 Å². The van der Waals surface area contributed by atoms with Crippen molar-refractivity contribution in [1.29, 1.82) is 0 Å². The van der Waals surface area contributed by atoms with E-state index < -0.39 is 0 Å². The Bertz CT molecular complexity index is 495. The number of halogens is 3. The Morgan fingerprint density at radius 1 is 0.800 bits per heavy atom. The molecule has 0 nitrogen and oxygen atoms in total. The van der Waals surface area contributed by atoms with Crippen molar-refractivity contribution >= 4 is 43.5 Å². The minimum absolute atomic E-state index is 0.740. The minimum Gasteiger partial charge on any atom is -0.0843 e. The first-order chi connectivity index (χ1) is 7.18. The summed E-state index contributed by atoms with van der Waals surface area (Å²) in [6, 6.07) is 13.8. The molecule has 0 unspecified atom stereocenters. The molecule has 0 bridgehead atoms. The van der Waals surface area contributed by atoms with Crippen LogP contribution in [0, 0.1) is 0 Å². The van der Waals surface area contributed by atoms with Crippen molar-refractivity contribution in [2.45, 2.75) is 0 Å². The highest BCUT2D eigenvalue weighted by Gasteiger charge is 2.06. The number of hydrogen-bond donors (Lipinski definition) is 0. The summed E-state index contributed by atoms with van der Waals surface area (Å²) in [6.45, 7) is 0. The third-order valence-corrected chi connectivity index (χ3v) is 3.71. The van der Waals surface area contributed by atoms with Crippen LogP contribution < -0.4 is 0 Å². The molecule has 0 aliphatic rings. The second kappa shape index (κ2) is 4.69. The van der Waals surface area contributed by atoms with E-state index in [4.69, 9.17) is 11.6 Å². The van der Waals surface area contributed by atoms with E-state index in [1.165, 1.54) is 0 Å². The second-order valence-electron chi connectivity index (χ2n) is 3.10. The van der Waals surface area contributed by atoms with Gasteiger partial charge in [-0.3, -0.25) is 0 Å². The maximum absolute atomic E-state index is 5.98. The van der Waals surface area contributed by atoms with Crippen LogP contribution in [0.1, 0.15) is 0 Å². The monoisotopic (exact) mass is 344 g/mol. The van der Waals surface area contributed by atoms with Crippen LogP contribution in [0.25, 0.3) is 11.1 Å². The van der Waals surface area contributed by atoms with Gasteiger partial charge in [0, 0.05) is 14.0 Å². The van der Waals surface area contributed by atoms with Gasteiger partial charge in [-0.1, -0.05) is 61.7 Å². The van der Waals surface area contributed by atoms with Crippen molar-refractivity contribution in [2.75, 3.05) is 0 Å². The molecule has 15 heavy (non-hydrogen) atoms. The van der Waals surface area contributed by atoms with Crippen LogP contribution in [-0.4, -0.2) is 0 Å². The summed E-state index contributed by atoms with van der Waals surface area (Å²) in [7, 11) is 0. The van der Waals surface area contributed by atoms with E-state index in [1.807, 2.05) is 36.4 Å². The lowest BCUT2D eigenvalue weighted by Crippen LogP contribution is -1.81. The van der Waals surface area contributed by atoms with Crippen molar-refractivity contribution in [1.82, 2.24) is 0 Å². The molecule has 0 aromatic heterocycles. The zero-order chi connectivity index (χ0) is 10.8. The highest BCUT2D eigenvalue weighted by Crippen LogP contribution is 2.34. The third kappa shape index (κ3) is 2.44. The van der Waals surface area contributed by atoms with Crippen LogP contribution in [0.4, 0.5) is 0 Å². The number of benzene rings is 2. The molecule has 3 heteroatoms. The fourth-order valence-electron chi connectivity index (χ4n) is 1.38. The van der Waals surface area contributed by atoms with Gasteiger partial charge in [0.15, 0.2) is 0 Å². The van der Waals surface area contributed by atoms with E-state index in [0.29, 0.717) is 0 Å². The van der Waals surface area contributed by atoms with Crippen LogP contribution >= 0.6 is 43.5 Å². The van der Waals surface area contributed by atoms with Gasteiger partial charge in [0.25, 0.3) is 0 Å². The number of rotatable bonds is 1. The zero-order valence-corrected chi connectivity index (χ0v) is 11.6. The smallest absolute Gasteiger partial charge is 0.0412 e. The average Bonchev–Trinajstić information content (AvgIpc) is 2.23. The van der Waals surface area contributed by atoms with Crippen LogP contribution in [0.2, 0.25) is 5.02 Å². The normalized spacial score (nSPS) is 10.3. The first kappa shape index (κ1) is 11.2. The molecule has 0 saturated heterocycles. The topological polar surface area (TPSA) is 0 Å².